The topological polar surface area (TPSA) is 96.7 Å². The van der Waals surface area contributed by atoms with E-state index in [-0.39, 0.29) is 35.7 Å². The standard InChI is InChI=1S/C23H22F2N4O4/c1-31-12-16-13-32-21-20(2-5-27-22(21)33-16)28-23(30)29-6-3-14(4-7-29)8-17-18(24)9-15(11-26)10-19(17)25/h2,5,8-10,16H,3-4,6-7,12-13H2,1H3,(H,27,28,30). The molecule has 172 valence electrons. The van der Waals surface area contributed by atoms with Crippen molar-refractivity contribution in [3.63, 3.8) is 0 Å². The number of pyridine rings is 1. The Morgan fingerprint density at radius 3 is 2.76 bits per heavy atom. The fourth-order valence-corrected chi connectivity index (χ4v) is 3.71. The van der Waals surface area contributed by atoms with Crippen LogP contribution in [0.3, 0.4) is 0 Å². The third-order valence-electron chi connectivity index (χ3n) is 5.41. The largest absolute Gasteiger partial charge is 0.482 e. The van der Waals surface area contributed by atoms with E-state index in [4.69, 9.17) is 19.5 Å². The van der Waals surface area contributed by atoms with Crippen LogP contribution in [-0.2, 0) is 4.74 Å². The summed E-state index contributed by atoms with van der Waals surface area (Å²) in [6, 6.07) is 5.06. The van der Waals surface area contributed by atoms with E-state index in [1.807, 2.05) is 0 Å². The number of carbonyl (C=O) groups excluding carboxylic acids is 1. The van der Waals surface area contributed by atoms with Crippen molar-refractivity contribution in [2.45, 2.75) is 18.9 Å². The number of piperidine rings is 1. The predicted molar refractivity (Wildman–Crippen MR) is 115 cm³/mol. The number of anilines is 1. The number of likely N-dealkylation sites (tertiary alicyclic amines) is 1. The summed E-state index contributed by atoms with van der Waals surface area (Å²) in [5.74, 6) is -0.910. The second kappa shape index (κ2) is 9.83. The zero-order chi connectivity index (χ0) is 23.4. The molecule has 1 N–H and O–H groups in total. The second-order valence-corrected chi connectivity index (χ2v) is 7.68. The lowest BCUT2D eigenvalue weighted by atomic mass is 10.00. The molecule has 2 amide bonds. The van der Waals surface area contributed by atoms with Gasteiger partial charge in [-0.15, -0.1) is 0 Å². The number of amides is 2. The van der Waals surface area contributed by atoms with E-state index in [1.54, 1.807) is 24.1 Å². The second-order valence-electron chi connectivity index (χ2n) is 7.68. The van der Waals surface area contributed by atoms with Crippen LogP contribution in [0.15, 0.2) is 30.0 Å². The molecule has 3 heterocycles. The van der Waals surface area contributed by atoms with E-state index >= 15 is 0 Å². The zero-order valence-corrected chi connectivity index (χ0v) is 17.9. The molecule has 10 heteroatoms. The van der Waals surface area contributed by atoms with Gasteiger partial charge in [-0.3, -0.25) is 0 Å². The average molecular weight is 456 g/mol. The number of carbonyl (C=O) groups is 1. The van der Waals surface area contributed by atoms with E-state index in [1.165, 1.54) is 12.3 Å². The molecule has 0 radical (unpaired) electrons. The molecule has 1 unspecified atom stereocenters. The molecule has 2 aromatic rings. The number of ether oxygens (including phenoxy) is 3. The normalized spacial score (nSPS) is 17.3. The highest BCUT2D eigenvalue weighted by molar-refractivity contribution is 5.91. The minimum absolute atomic E-state index is 0.0689. The van der Waals surface area contributed by atoms with Crippen molar-refractivity contribution in [2.75, 3.05) is 38.7 Å². The molecular weight excluding hydrogens is 434 g/mol. The molecule has 0 spiro atoms. The molecule has 4 rings (SSSR count). The lowest BCUT2D eigenvalue weighted by molar-refractivity contribution is 0.0238. The van der Waals surface area contributed by atoms with Gasteiger partial charge >= 0.3 is 6.03 Å². The van der Waals surface area contributed by atoms with E-state index in [2.05, 4.69) is 10.3 Å². The van der Waals surface area contributed by atoms with Crippen molar-refractivity contribution in [1.82, 2.24) is 9.88 Å². The SMILES string of the molecule is COCC1COc2c(NC(=O)N3CCC(=Cc4c(F)cc(C#N)cc4F)CC3)ccnc2O1. The number of hydrogen-bond acceptors (Lipinski definition) is 6. The molecular formula is C23H22F2N4O4. The molecule has 0 saturated carbocycles. The number of methoxy groups -OCH3 is 1. The Balaban J connectivity index is 1.39. The zero-order valence-electron chi connectivity index (χ0n) is 17.9. The highest BCUT2D eigenvalue weighted by atomic mass is 19.1. The Hall–Kier alpha value is -3.71. The maximum absolute atomic E-state index is 14.2. The Labute approximate surface area is 189 Å². The quantitative estimate of drug-likeness (QED) is 0.753. The maximum atomic E-state index is 14.2. The molecule has 2 aliphatic heterocycles. The molecule has 8 nitrogen and oxygen atoms in total. The first-order valence-electron chi connectivity index (χ1n) is 10.4. The summed E-state index contributed by atoms with van der Waals surface area (Å²) in [5.41, 5.74) is 1.03. The number of urea groups is 1. The van der Waals surface area contributed by atoms with Gasteiger partial charge in [0.25, 0.3) is 5.88 Å². The van der Waals surface area contributed by atoms with Gasteiger partial charge in [0.2, 0.25) is 5.75 Å². The molecule has 1 atom stereocenters. The van der Waals surface area contributed by atoms with E-state index in [9.17, 15) is 13.6 Å². The van der Waals surface area contributed by atoms with Crippen LogP contribution >= 0.6 is 0 Å². The van der Waals surface area contributed by atoms with Crippen molar-refractivity contribution in [2.24, 2.45) is 0 Å². The lowest BCUT2D eigenvalue weighted by Gasteiger charge is -2.30. The van der Waals surface area contributed by atoms with E-state index in [0.29, 0.717) is 44.0 Å². The number of aromatic nitrogens is 1. The van der Waals surface area contributed by atoms with E-state index < -0.39 is 11.6 Å². The molecule has 2 aliphatic rings. The third kappa shape index (κ3) is 5.04. The Morgan fingerprint density at radius 2 is 2.09 bits per heavy atom. The van der Waals surface area contributed by atoms with Crippen LogP contribution < -0.4 is 14.8 Å². The van der Waals surface area contributed by atoms with Crippen molar-refractivity contribution in [3.8, 4) is 17.7 Å². The van der Waals surface area contributed by atoms with Crippen LogP contribution in [-0.4, -0.2) is 55.4 Å². The van der Waals surface area contributed by atoms with Crippen LogP contribution in [0.4, 0.5) is 19.3 Å². The first kappa shape index (κ1) is 22.5. The van der Waals surface area contributed by atoms with Crippen LogP contribution in [0.1, 0.15) is 24.0 Å². The van der Waals surface area contributed by atoms with Gasteiger partial charge < -0.3 is 24.4 Å². The summed E-state index contributed by atoms with van der Waals surface area (Å²) in [5, 5.41) is 11.6. The minimum atomic E-state index is -0.781. The smallest absolute Gasteiger partial charge is 0.321 e. The predicted octanol–water partition coefficient (Wildman–Crippen LogP) is 3.73. The highest BCUT2D eigenvalue weighted by Gasteiger charge is 2.27. The fourth-order valence-electron chi connectivity index (χ4n) is 3.71. The van der Waals surface area contributed by atoms with Gasteiger partial charge in [-0.05, 0) is 37.1 Å². The number of nitrogens with one attached hydrogen (secondary N) is 1. The molecule has 1 aromatic carbocycles. The number of nitrogens with zero attached hydrogens (tertiary/aromatic N) is 3. The molecule has 0 bridgehead atoms. The maximum Gasteiger partial charge on any atom is 0.321 e. The number of fused-ring (bicyclic) bond motifs is 1. The summed E-state index contributed by atoms with van der Waals surface area (Å²) in [4.78, 5) is 18.5. The number of halogens is 2. The van der Waals surface area contributed by atoms with Crippen molar-refractivity contribution in [1.29, 1.82) is 5.26 Å². The Bertz CT molecular complexity index is 1100. The Kier molecular flexibility index (Phi) is 6.70. The van der Waals surface area contributed by atoms with Gasteiger partial charge in [-0.1, -0.05) is 5.57 Å². The first-order chi connectivity index (χ1) is 16.0. The van der Waals surface area contributed by atoms with Crippen LogP contribution in [0.25, 0.3) is 6.08 Å². The molecule has 1 fully saturated rings. The molecule has 0 aliphatic carbocycles. The van der Waals surface area contributed by atoms with Crippen LogP contribution in [0.2, 0.25) is 0 Å². The fraction of sp³-hybridized carbons (Fsp3) is 0.348. The van der Waals surface area contributed by atoms with Gasteiger partial charge in [0, 0.05) is 32.0 Å². The first-order valence-corrected chi connectivity index (χ1v) is 10.4. The highest BCUT2D eigenvalue weighted by Crippen LogP contribution is 2.37. The summed E-state index contributed by atoms with van der Waals surface area (Å²) < 4.78 is 44.9. The monoisotopic (exact) mass is 456 g/mol. The van der Waals surface area contributed by atoms with Crippen LogP contribution in [0, 0.1) is 23.0 Å². The van der Waals surface area contributed by atoms with Gasteiger partial charge in [-0.2, -0.15) is 5.26 Å². The average Bonchev–Trinajstić information content (AvgIpc) is 2.82. The van der Waals surface area contributed by atoms with Gasteiger partial charge in [0.1, 0.15) is 18.2 Å². The van der Waals surface area contributed by atoms with Crippen molar-refractivity contribution in [3.05, 3.63) is 52.7 Å². The number of hydrogen-bond donors (Lipinski definition) is 1. The number of rotatable bonds is 4. The summed E-state index contributed by atoms with van der Waals surface area (Å²) in [6.07, 6.45) is 3.64. The van der Waals surface area contributed by atoms with E-state index in [0.717, 1.165) is 17.7 Å². The van der Waals surface area contributed by atoms with Gasteiger partial charge in [0.15, 0.2) is 6.10 Å². The van der Waals surface area contributed by atoms with Crippen LogP contribution in [0.5, 0.6) is 11.6 Å². The summed E-state index contributed by atoms with van der Waals surface area (Å²) in [6.45, 7) is 1.41. The third-order valence-corrected chi connectivity index (χ3v) is 5.41. The van der Waals surface area contributed by atoms with Crippen molar-refractivity contribution >= 4 is 17.8 Å². The number of benzene rings is 1. The summed E-state index contributed by atoms with van der Waals surface area (Å²) >= 11 is 0. The van der Waals surface area contributed by atoms with Gasteiger partial charge in [-0.25, -0.2) is 18.6 Å². The summed E-state index contributed by atoms with van der Waals surface area (Å²) in [7, 11) is 1.57. The lowest BCUT2D eigenvalue weighted by Crippen LogP contribution is -2.39. The minimum Gasteiger partial charge on any atom is -0.482 e. The molecule has 1 aromatic heterocycles. The molecule has 33 heavy (non-hydrogen) atoms. The van der Waals surface area contributed by atoms with Crippen molar-refractivity contribution < 1.29 is 27.8 Å². The Morgan fingerprint density at radius 1 is 1.36 bits per heavy atom. The van der Waals surface area contributed by atoms with Gasteiger partial charge in [0.05, 0.1) is 23.9 Å². The number of nitriles is 1. The molecule has 1 saturated heterocycles.